The fourth-order valence-corrected chi connectivity index (χ4v) is 4.16. The average molecular weight is 455 g/mol. The topological polar surface area (TPSA) is 63.6 Å². The molecule has 4 heteroatoms. The molecule has 0 aromatic rings. The summed E-state index contributed by atoms with van der Waals surface area (Å²) < 4.78 is 5.33. The van der Waals surface area contributed by atoms with Crippen LogP contribution in [0.4, 0.5) is 0 Å². The molecule has 0 rings (SSSR count). The van der Waals surface area contributed by atoms with E-state index in [0.29, 0.717) is 13.0 Å². The molecular formula is C28H54O4. The SMILES string of the molecule is CCCCCCCCCCCCCCCCCC(=O)OCCCCCCCCCC(=O)O. The number of unbranched alkanes of at least 4 members (excludes halogenated alkanes) is 20. The zero-order chi connectivity index (χ0) is 23.5. The van der Waals surface area contributed by atoms with Crippen molar-refractivity contribution in [1.29, 1.82) is 0 Å². The predicted octanol–water partition coefficient (Wildman–Crippen LogP) is 9.00. The van der Waals surface area contributed by atoms with Gasteiger partial charge < -0.3 is 9.84 Å². The first-order valence-corrected chi connectivity index (χ1v) is 14.0. The summed E-state index contributed by atoms with van der Waals surface area (Å²) >= 11 is 0. The van der Waals surface area contributed by atoms with E-state index < -0.39 is 5.97 Å². The van der Waals surface area contributed by atoms with Gasteiger partial charge in [0.2, 0.25) is 0 Å². The monoisotopic (exact) mass is 454 g/mol. The summed E-state index contributed by atoms with van der Waals surface area (Å²) in [6, 6.07) is 0. The third-order valence-corrected chi connectivity index (χ3v) is 6.28. The Morgan fingerprint density at radius 1 is 0.500 bits per heavy atom. The Balaban J connectivity index is 3.15. The van der Waals surface area contributed by atoms with Crippen LogP contribution in [0.3, 0.4) is 0 Å². The van der Waals surface area contributed by atoms with Gasteiger partial charge >= 0.3 is 11.9 Å². The quantitative estimate of drug-likeness (QED) is 0.105. The average Bonchev–Trinajstić information content (AvgIpc) is 2.77. The molecule has 0 fully saturated rings. The summed E-state index contributed by atoms with van der Waals surface area (Å²) in [5, 5.41) is 8.58. The van der Waals surface area contributed by atoms with Gasteiger partial charge in [-0.05, 0) is 19.3 Å². The van der Waals surface area contributed by atoms with Crippen molar-refractivity contribution in [3.05, 3.63) is 0 Å². The Labute approximate surface area is 199 Å². The summed E-state index contributed by atoms with van der Waals surface area (Å²) in [5.74, 6) is -0.732. The van der Waals surface area contributed by atoms with E-state index in [-0.39, 0.29) is 12.4 Å². The van der Waals surface area contributed by atoms with Gasteiger partial charge in [0.25, 0.3) is 0 Å². The molecule has 0 saturated heterocycles. The normalized spacial score (nSPS) is 11.0. The van der Waals surface area contributed by atoms with E-state index in [4.69, 9.17) is 9.84 Å². The first-order chi connectivity index (χ1) is 15.7. The molecule has 1 N–H and O–H groups in total. The van der Waals surface area contributed by atoms with Gasteiger partial charge in [-0.15, -0.1) is 0 Å². The number of carboxylic acid groups (broad SMARTS) is 1. The zero-order valence-electron chi connectivity index (χ0n) is 21.3. The van der Waals surface area contributed by atoms with Gasteiger partial charge in [0, 0.05) is 12.8 Å². The van der Waals surface area contributed by atoms with Crippen LogP contribution in [-0.2, 0) is 14.3 Å². The second-order valence-electron chi connectivity index (χ2n) is 9.54. The second-order valence-corrected chi connectivity index (χ2v) is 9.54. The lowest BCUT2D eigenvalue weighted by molar-refractivity contribution is -0.144. The molecule has 0 spiro atoms. The lowest BCUT2D eigenvalue weighted by Crippen LogP contribution is -2.05. The molecule has 0 bridgehead atoms. The van der Waals surface area contributed by atoms with E-state index in [0.717, 1.165) is 57.8 Å². The van der Waals surface area contributed by atoms with Crippen molar-refractivity contribution < 1.29 is 19.4 Å². The highest BCUT2D eigenvalue weighted by Gasteiger charge is 2.03. The molecule has 0 aliphatic heterocycles. The Morgan fingerprint density at radius 3 is 1.25 bits per heavy atom. The van der Waals surface area contributed by atoms with Crippen LogP contribution >= 0.6 is 0 Å². The van der Waals surface area contributed by atoms with E-state index in [1.54, 1.807) is 0 Å². The van der Waals surface area contributed by atoms with Gasteiger partial charge in [-0.1, -0.05) is 129 Å². The zero-order valence-corrected chi connectivity index (χ0v) is 21.3. The van der Waals surface area contributed by atoms with Crippen LogP contribution < -0.4 is 0 Å². The maximum atomic E-state index is 11.8. The third-order valence-electron chi connectivity index (χ3n) is 6.28. The number of carbonyl (C=O) groups excluding carboxylic acids is 1. The number of aliphatic carboxylic acids is 1. The van der Waals surface area contributed by atoms with Crippen molar-refractivity contribution in [2.75, 3.05) is 6.61 Å². The Hall–Kier alpha value is -1.06. The van der Waals surface area contributed by atoms with E-state index in [1.165, 1.54) is 83.5 Å². The van der Waals surface area contributed by atoms with Crippen LogP contribution in [0.2, 0.25) is 0 Å². The molecule has 0 aliphatic rings. The van der Waals surface area contributed by atoms with Gasteiger partial charge in [-0.2, -0.15) is 0 Å². The largest absolute Gasteiger partial charge is 0.481 e. The smallest absolute Gasteiger partial charge is 0.305 e. The molecule has 0 aromatic heterocycles. The minimum atomic E-state index is -0.698. The van der Waals surface area contributed by atoms with Crippen molar-refractivity contribution in [2.45, 2.75) is 161 Å². The molecule has 0 amide bonds. The van der Waals surface area contributed by atoms with Crippen LogP contribution in [0.5, 0.6) is 0 Å². The highest BCUT2D eigenvalue weighted by atomic mass is 16.5. The van der Waals surface area contributed by atoms with E-state index >= 15 is 0 Å². The second kappa shape index (κ2) is 26.2. The van der Waals surface area contributed by atoms with Crippen molar-refractivity contribution >= 4 is 11.9 Å². The number of carboxylic acids is 1. The van der Waals surface area contributed by atoms with Crippen molar-refractivity contribution in [3.8, 4) is 0 Å². The minimum absolute atomic E-state index is 0.0339. The standard InChI is InChI=1S/C28H54O4/c1-2-3-4-5-6-7-8-9-10-11-12-13-16-19-22-25-28(31)32-26-23-20-17-14-15-18-21-24-27(29)30/h2-26H2,1H3,(H,29,30). The lowest BCUT2D eigenvalue weighted by Gasteiger charge is -2.05. The Bertz CT molecular complexity index is 408. The number of rotatable bonds is 26. The third kappa shape index (κ3) is 27.0. The first-order valence-electron chi connectivity index (χ1n) is 14.0. The highest BCUT2D eigenvalue weighted by Crippen LogP contribution is 2.14. The van der Waals surface area contributed by atoms with E-state index in [1.807, 2.05) is 0 Å². The summed E-state index contributed by atoms with van der Waals surface area (Å²) in [6.45, 7) is 2.83. The summed E-state index contributed by atoms with van der Waals surface area (Å²) in [4.78, 5) is 22.2. The summed E-state index contributed by atoms with van der Waals surface area (Å²) in [6.07, 6.45) is 28.1. The number of ether oxygens (including phenoxy) is 1. The van der Waals surface area contributed by atoms with Crippen LogP contribution in [0.15, 0.2) is 0 Å². The molecule has 0 aliphatic carbocycles. The maximum Gasteiger partial charge on any atom is 0.305 e. The number of hydrogen-bond donors (Lipinski definition) is 1. The molecule has 0 radical (unpaired) electrons. The number of esters is 1. The van der Waals surface area contributed by atoms with Crippen molar-refractivity contribution in [1.82, 2.24) is 0 Å². The molecule has 0 saturated carbocycles. The van der Waals surface area contributed by atoms with Crippen molar-refractivity contribution in [3.63, 3.8) is 0 Å². The summed E-state index contributed by atoms with van der Waals surface area (Å²) in [7, 11) is 0. The fraction of sp³-hybridized carbons (Fsp3) is 0.929. The van der Waals surface area contributed by atoms with Gasteiger partial charge in [0.1, 0.15) is 0 Å². The van der Waals surface area contributed by atoms with Crippen LogP contribution in [0, 0.1) is 0 Å². The van der Waals surface area contributed by atoms with Gasteiger partial charge in [0.05, 0.1) is 6.61 Å². The first kappa shape index (κ1) is 30.9. The summed E-state index contributed by atoms with van der Waals surface area (Å²) in [5.41, 5.74) is 0. The van der Waals surface area contributed by atoms with E-state index in [2.05, 4.69) is 6.92 Å². The predicted molar refractivity (Wildman–Crippen MR) is 135 cm³/mol. The minimum Gasteiger partial charge on any atom is -0.481 e. The maximum absolute atomic E-state index is 11.8. The molecule has 0 atom stereocenters. The fourth-order valence-electron chi connectivity index (χ4n) is 4.16. The number of carbonyl (C=O) groups is 2. The molecule has 4 nitrogen and oxygen atoms in total. The van der Waals surface area contributed by atoms with Crippen molar-refractivity contribution in [2.24, 2.45) is 0 Å². The molecule has 32 heavy (non-hydrogen) atoms. The lowest BCUT2D eigenvalue weighted by atomic mass is 10.0. The molecule has 0 unspecified atom stereocenters. The van der Waals surface area contributed by atoms with Gasteiger partial charge in [0.15, 0.2) is 0 Å². The molecule has 0 heterocycles. The van der Waals surface area contributed by atoms with E-state index in [9.17, 15) is 9.59 Å². The van der Waals surface area contributed by atoms with Gasteiger partial charge in [-0.25, -0.2) is 0 Å². The molecule has 190 valence electrons. The van der Waals surface area contributed by atoms with Crippen LogP contribution in [-0.4, -0.2) is 23.7 Å². The van der Waals surface area contributed by atoms with Gasteiger partial charge in [-0.3, -0.25) is 9.59 Å². The Morgan fingerprint density at radius 2 is 0.844 bits per heavy atom. The van der Waals surface area contributed by atoms with Crippen LogP contribution in [0.25, 0.3) is 0 Å². The number of hydrogen-bond acceptors (Lipinski definition) is 3. The highest BCUT2D eigenvalue weighted by molar-refractivity contribution is 5.69. The molecular weight excluding hydrogens is 400 g/mol. The molecule has 0 aromatic carbocycles. The van der Waals surface area contributed by atoms with Crippen LogP contribution in [0.1, 0.15) is 161 Å². The Kier molecular flexibility index (Phi) is 25.3.